The molecule has 0 saturated heterocycles. The molecule has 3 aromatic rings. The van der Waals surface area contributed by atoms with Crippen molar-refractivity contribution in [3.05, 3.63) is 42.1 Å². The molecule has 21 heavy (non-hydrogen) atoms. The van der Waals surface area contributed by atoms with Crippen LogP contribution in [0.3, 0.4) is 0 Å². The Morgan fingerprint density at radius 1 is 1.24 bits per heavy atom. The molecule has 3 heterocycles. The summed E-state index contributed by atoms with van der Waals surface area (Å²) in [5, 5.41) is 0.488. The van der Waals surface area contributed by atoms with Crippen LogP contribution < -0.4 is 11.5 Å². The molecule has 8 heteroatoms. The molecule has 0 aliphatic heterocycles. The fourth-order valence-corrected chi connectivity index (χ4v) is 2.02. The van der Waals surface area contributed by atoms with Gasteiger partial charge in [-0.05, 0) is 18.3 Å². The third-order valence-electron chi connectivity index (χ3n) is 2.91. The van der Waals surface area contributed by atoms with Gasteiger partial charge in [-0.1, -0.05) is 0 Å². The van der Waals surface area contributed by atoms with Gasteiger partial charge < -0.3 is 16.5 Å². The summed E-state index contributed by atoms with van der Waals surface area (Å²) in [5.74, 6) is -1.74. The summed E-state index contributed by atoms with van der Waals surface area (Å²) < 4.78 is 26.8. The molecule has 0 bridgehead atoms. The number of aromatic nitrogens is 4. The second-order valence-electron chi connectivity index (χ2n) is 4.24. The molecule has 0 unspecified atom stereocenters. The number of nitrogens with one attached hydrogen (secondary N) is 1. The van der Waals surface area contributed by atoms with Crippen molar-refractivity contribution in [3.63, 3.8) is 0 Å². The quantitative estimate of drug-likeness (QED) is 0.666. The maximum absolute atomic E-state index is 13.4. The lowest BCUT2D eigenvalue weighted by Crippen LogP contribution is -2.03. The number of aromatic amines is 1. The number of halogens is 2. The van der Waals surface area contributed by atoms with Gasteiger partial charge in [0, 0.05) is 17.1 Å². The Kier molecular flexibility index (Phi) is 2.98. The summed E-state index contributed by atoms with van der Waals surface area (Å²) in [4.78, 5) is 14.5. The molecule has 3 aromatic heterocycles. The first-order valence-electron chi connectivity index (χ1n) is 5.94. The minimum Gasteiger partial charge on any atom is -0.405 e. The van der Waals surface area contributed by atoms with Crippen LogP contribution in [0.5, 0.6) is 0 Å². The maximum atomic E-state index is 13.4. The van der Waals surface area contributed by atoms with Gasteiger partial charge in [-0.15, -0.1) is 0 Å². The monoisotopic (exact) mass is 288 g/mol. The van der Waals surface area contributed by atoms with Crippen LogP contribution in [0.1, 0.15) is 5.69 Å². The predicted molar refractivity (Wildman–Crippen MR) is 74.7 cm³/mol. The predicted octanol–water partition coefficient (Wildman–Crippen LogP) is 1.81. The first-order chi connectivity index (χ1) is 10.1. The molecule has 0 spiro atoms. The number of anilines is 1. The van der Waals surface area contributed by atoms with Crippen molar-refractivity contribution < 1.29 is 8.78 Å². The van der Waals surface area contributed by atoms with E-state index in [2.05, 4.69) is 19.9 Å². The first kappa shape index (κ1) is 13.0. The first-order valence-corrected chi connectivity index (χ1v) is 5.94. The van der Waals surface area contributed by atoms with E-state index in [0.717, 1.165) is 6.20 Å². The Bertz CT molecular complexity index is 855. The van der Waals surface area contributed by atoms with E-state index in [0.29, 0.717) is 16.6 Å². The van der Waals surface area contributed by atoms with Gasteiger partial charge in [-0.3, -0.25) is 0 Å². The van der Waals surface area contributed by atoms with E-state index in [4.69, 9.17) is 11.5 Å². The van der Waals surface area contributed by atoms with Crippen molar-refractivity contribution >= 4 is 22.9 Å². The van der Waals surface area contributed by atoms with Crippen LogP contribution >= 0.6 is 0 Å². The van der Waals surface area contributed by atoms with Crippen molar-refractivity contribution in [3.8, 4) is 11.3 Å². The zero-order valence-corrected chi connectivity index (χ0v) is 10.6. The Balaban J connectivity index is 2.31. The zero-order chi connectivity index (χ0) is 15.0. The molecule has 0 saturated carbocycles. The van der Waals surface area contributed by atoms with E-state index >= 15 is 0 Å². The summed E-state index contributed by atoms with van der Waals surface area (Å²) >= 11 is 0. The van der Waals surface area contributed by atoms with Crippen LogP contribution in [0.15, 0.2) is 24.7 Å². The topological polar surface area (TPSA) is 106 Å². The van der Waals surface area contributed by atoms with Crippen molar-refractivity contribution in [2.75, 3.05) is 5.73 Å². The van der Waals surface area contributed by atoms with Gasteiger partial charge in [0.1, 0.15) is 17.2 Å². The molecule has 0 amide bonds. The Hall–Kier alpha value is -3.03. The molecular weight excluding hydrogens is 278 g/mol. The largest absolute Gasteiger partial charge is 0.405 e. The van der Waals surface area contributed by atoms with Crippen LogP contribution in [-0.4, -0.2) is 19.9 Å². The lowest BCUT2D eigenvalue weighted by molar-refractivity contribution is 0.582. The third kappa shape index (κ3) is 2.16. The van der Waals surface area contributed by atoms with Crippen LogP contribution in [-0.2, 0) is 0 Å². The van der Waals surface area contributed by atoms with Gasteiger partial charge in [0.05, 0.1) is 11.9 Å². The van der Waals surface area contributed by atoms with Crippen LogP contribution in [0.4, 0.5) is 14.6 Å². The van der Waals surface area contributed by atoms with E-state index in [1.165, 1.54) is 18.3 Å². The molecular formula is C13H10F2N6. The van der Waals surface area contributed by atoms with Gasteiger partial charge >= 0.3 is 0 Å². The molecule has 0 aliphatic rings. The SMILES string of the molecule is NC=Cc1nc(F)c(N)nc1-c1c[nH]c2ncc(F)cc12. The normalized spacial score (nSPS) is 11.5. The van der Waals surface area contributed by atoms with E-state index in [9.17, 15) is 8.78 Å². The number of nitrogen functional groups attached to an aromatic ring is 1. The second-order valence-corrected chi connectivity index (χ2v) is 4.24. The highest BCUT2D eigenvalue weighted by molar-refractivity contribution is 5.94. The number of hydrogen-bond donors (Lipinski definition) is 3. The smallest absolute Gasteiger partial charge is 0.256 e. The number of nitrogens with zero attached hydrogens (tertiary/aromatic N) is 3. The second kappa shape index (κ2) is 4.82. The molecule has 5 N–H and O–H groups in total. The van der Waals surface area contributed by atoms with Gasteiger partial charge in [0.15, 0.2) is 5.82 Å². The number of rotatable bonds is 2. The molecule has 0 aliphatic carbocycles. The van der Waals surface area contributed by atoms with Crippen molar-refractivity contribution in [2.24, 2.45) is 5.73 Å². The van der Waals surface area contributed by atoms with Gasteiger partial charge in [0.25, 0.3) is 5.95 Å². The summed E-state index contributed by atoms with van der Waals surface area (Å²) in [6.07, 6.45) is 5.26. The van der Waals surface area contributed by atoms with Crippen molar-refractivity contribution in [1.82, 2.24) is 19.9 Å². The van der Waals surface area contributed by atoms with Gasteiger partial charge in [-0.2, -0.15) is 4.39 Å². The summed E-state index contributed by atoms with van der Waals surface area (Å²) in [6, 6.07) is 1.30. The van der Waals surface area contributed by atoms with Gasteiger partial charge in [-0.25, -0.2) is 19.3 Å². The summed E-state index contributed by atoms with van der Waals surface area (Å²) in [6.45, 7) is 0. The molecule has 3 rings (SSSR count). The molecule has 0 aromatic carbocycles. The minimum absolute atomic E-state index is 0.189. The number of H-pyrrole nitrogens is 1. The van der Waals surface area contributed by atoms with Crippen LogP contribution in [0.2, 0.25) is 0 Å². The lowest BCUT2D eigenvalue weighted by atomic mass is 10.1. The number of nitrogens with two attached hydrogens (primary N) is 2. The van der Waals surface area contributed by atoms with E-state index in [1.54, 1.807) is 6.20 Å². The summed E-state index contributed by atoms with van der Waals surface area (Å²) in [5.41, 5.74) is 12.2. The fourth-order valence-electron chi connectivity index (χ4n) is 2.02. The number of fused-ring (bicyclic) bond motifs is 1. The summed E-state index contributed by atoms with van der Waals surface area (Å²) in [7, 11) is 0. The number of hydrogen-bond acceptors (Lipinski definition) is 5. The average molecular weight is 288 g/mol. The molecule has 106 valence electrons. The van der Waals surface area contributed by atoms with Gasteiger partial charge in [0.2, 0.25) is 0 Å². The molecule has 0 atom stereocenters. The molecule has 0 fully saturated rings. The minimum atomic E-state index is -0.893. The van der Waals surface area contributed by atoms with Crippen molar-refractivity contribution in [2.45, 2.75) is 0 Å². The van der Waals surface area contributed by atoms with E-state index in [-0.39, 0.29) is 17.2 Å². The highest BCUT2D eigenvalue weighted by Crippen LogP contribution is 2.30. The Morgan fingerprint density at radius 3 is 2.81 bits per heavy atom. The van der Waals surface area contributed by atoms with Crippen LogP contribution in [0.25, 0.3) is 28.4 Å². The van der Waals surface area contributed by atoms with E-state index in [1.807, 2.05) is 0 Å². The Morgan fingerprint density at radius 2 is 2.05 bits per heavy atom. The van der Waals surface area contributed by atoms with E-state index < -0.39 is 11.8 Å². The van der Waals surface area contributed by atoms with Crippen LogP contribution in [0, 0.1) is 11.8 Å². The maximum Gasteiger partial charge on any atom is 0.256 e. The fraction of sp³-hybridized carbons (Fsp3) is 0. The standard InChI is InChI=1S/C13H10F2N6/c14-6-3-7-8(5-19-13(7)18-4-6)10-9(1-2-16)20-11(15)12(17)21-10/h1-5H,16H2,(H2,17,21)(H,18,19). The number of pyridine rings is 1. The highest BCUT2D eigenvalue weighted by Gasteiger charge is 2.16. The molecule has 0 radical (unpaired) electrons. The van der Waals surface area contributed by atoms with Crippen molar-refractivity contribution in [1.29, 1.82) is 0 Å². The third-order valence-corrected chi connectivity index (χ3v) is 2.91. The Labute approximate surface area is 117 Å². The lowest BCUT2D eigenvalue weighted by Gasteiger charge is -2.05. The highest BCUT2D eigenvalue weighted by atomic mass is 19.1. The average Bonchev–Trinajstić information content (AvgIpc) is 2.86. The molecule has 6 nitrogen and oxygen atoms in total. The zero-order valence-electron chi connectivity index (χ0n) is 10.6.